The average molecular weight is 372 g/mol. The van der Waals surface area contributed by atoms with Crippen molar-refractivity contribution in [1.29, 1.82) is 0 Å². The van der Waals surface area contributed by atoms with Gasteiger partial charge in [0.25, 0.3) is 11.5 Å². The van der Waals surface area contributed by atoms with Gasteiger partial charge in [-0.1, -0.05) is 23.9 Å². The molecule has 0 atom stereocenters. The van der Waals surface area contributed by atoms with E-state index in [0.29, 0.717) is 12.1 Å². The van der Waals surface area contributed by atoms with Crippen LogP contribution < -0.4 is 4.90 Å². The summed E-state index contributed by atoms with van der Waals surface area (Å²) in [6.45, 7) is 0. The molecule has 1 aliphatic heterocycles. The van der Waals surface area contributed by atoms with Crippen LogP contribution in [0.25, 0.3) is 0 Å². The molecule has 1 aromatic carbocycles. The summed E-state index contributed by atoms with van der Waals surface area (Å²) in [5.41, 5.74) is -6.10. The van der Waals surface area contributed by atoms with Gasteiger partial charge >= 0.3 is 12.4 Å². The molecule has 1 heterocycles. The molecule has 0 saturated carbocycles. The Bertz CT molecular complexity index is 655. The normalized spacial score (nSPS) is 16.3. The Morgan fingerprint density at radius 2 is 1.58 bits per heavy atom. The maximum Gasteiger partial charge on any atom is 0.430 e. The maximum atomic E-state index is 12.8. The molecule has 11 heteroatoms. The van der Waals surface area contributed by atoms with Gasteiger partial charge in [0.2, 0.25) is 0 Å². The minimum atomic E-state index is -5.93. The van der Waals surface area contributed by atoms with E-state index in [1.807, 2.05) is 0 Å². The molecule has 1 amide bonds. The van der Waals surface area contributed by atoms with Gasteiger partial charge in [0.15, 0.2) is 5.17 Å². The third-order valence-electron chi connectivity index (χ3n) is 3.32. The Morgan fingerprint density at radius 3 is 1.96 bits per heavy atom. The van der Waals surface area contributed by atoms with Crippen LogP contribution in [0, 0.1) is 0 Å². The quantitative estimate of drug-likeness (QED) is 0.811. The second-order valence-electron chi connectivity index (χ2n) is 4.89. The van der Waals surface area contributed by atoms with E-state index >= 15 is 0 Å². The molecule has 1 aliphatic rings. The van der Waals surface area contributed by atoms with Gasteiger partial charge in [-0.3, -0.25) is 4.79 Å². The lowest BCUT2D eigenvalue weighted by atomic mass is 9.92. The summed E-state index contributed by atoms with van der Waals surface area (Å²) in [5.74, 6) is -0.276. The Kier molecular flexibility index (Phi) is 4.61. The van der Waals surface area contributed by atoms with Crippen LogP contribution in [0.3, 0.4) is 0 Å². The van der Waals surface area contributed by atoms with E-state index in [9.17, 15) is 36.2 Å². The van der Waals surface area contributed by atoms with E-state index in [1.165, 1.54) is 11.9 Å². The molecule has 1 aromatic rings. The molecule has 2 rings (SSSR count). The second kappa shape index (κ2) is 5.96. The van der Waals surface area contributed by atoms with Gasteiger partial charge in [0, 0.05) is 18.3 Å². The summed E-state index contributed by atoms with van der Waals surface area (Å²) in [7, 11) is 1.46. The smallest absolute Gasteiger partial charge is 0.369 e. The van der Waals surface area contributed by atoms with Crippen LogP contribution >= 0.6 is 11.8 Å². The Morgan fingerprint density at radius 1 is 1.08 bits per heavy atom. The Hall–Kier alpha value is -1.75. The molecule has 0 unspecified atom stereocenters. The van der Waals surface area contributed by atoms with Crippen molar-refractivity contribution in [3.8, 4) is 0 Å². The van der Waals surface area contributed by atoms with Gasteiger partial charge in [0.1, 0.15) is 0 Å². The number of hydrogen-bond donors (Lipinski definition) is 1. The summed E-state index contributed by atoms with van der Waals surface area (Å²) >= 11 is 1.09. The number of nitrogens with zero attached hydrogens (tertiary/aromatic N) is 2. The third-order valence-corrected chi connectivity index (χ3v) is 4.34. The van der Waals surface area contributed by atoms with Crippen LogP contribution in [-0.2, 0) is 10.4 Å². The van der Waals surface area contributed by atoms with Crippen molar-refractivity contribution in [2.45, 2.75) is 18.0 Å². The third kappa shape index (κ3) is 3.09. The Labute approximate surface area is 136 Å². The fourth-order valence-corrected chi connectivity index (χ4v) is 2.78. The number of carbonyl (C=O) groups is 1. The summed E-state index contributed by atoms with van der Waals surface area (Å²) in [6, 6.07) is 3.02. The van der Waals surface area contributed by atoms with Gasteiger partial charge in [0.05, 0.1) is 5.75 Å². The van der Waals surface area contributed by atoms with E-state index in [1.54, 1.807) is 0 Å². The van der Waals surface area contributed by atoms with E-state index < -0.39 is 23.5 Å². The predicted octanol–water partition coefficient (Wildman–Crippen LogP) is 3.06. The molecule has 24 heavy (non-hydrogen) atoms. The number of benzene rings is 1. The first kappa shape index (κ1) is 18.6. The molecular weight excluding hydrogens is 362 g/mol. The minimum absolute atomic E-state index is 0.111. The molecular formula is C13H10F6N2O2S. The first-order valence-electron chi connectivity index (χ1n) is 6.32. The zero-order chi connectivity index (χ0) is 18.3. The minimum Gasteiger partial charge on any atom is -0.369 e. The highest BCUT2D eigenvalue weighted by Crippen LogP contribution is 2.50. The van der Waals surface area contributed by atoms with Crippen molar-refractivity contribution in [3.63, 3.8) is 0 Å². The molecule has 132 valence electrons. The highest BCUT2D eigenvalue weighted by atomic mass is 32.2. The lowest BCUT2D eigenvalue weighted by Gasteiger charge is -2.33. The number of anilines is 1. The summed E-state index contributed by atoms with van der Waals surface area (Å²) in [4.78, 5) is 16.1. The fourth-order valence-electron chi connectivity index (χ4n) is 1.99. The number of aliphatic hydroxyl groups is 1. The number of alkyl halides is 6. The lowest BCUT2D eigenvalue weighted by molar-refractivity contribution is -0.376. The topological polar surface area (TPSA) is 52.9 Å². The van der Waals surface area contributed by atoms with Gasteiger partial charge in [-0.05, 0) is 12.1 Å². The number of aliphatic imine (C=N–C) groups is 1. The molecule has 0 aliphatic carbocycles. The van der Waals surface area contributed by atoms with Gasteiger partial charge in [-0.15, -0.1) is 0 Å². The monoisotopic (exact) mass is 372 g/mol. The van der Waals surface area contributed by atoms with E-state index in [0.717, 1.165) is 23.9 Å². The standard InChI is InChI=1S/C13H10F6N2O2S/c1-21(10-20-9(22)6-24-10)8-4-2-7(3-5-8)11(23,12(14,15)16)13(17,18)19/h2-5,23H,6H2,1H3. The zero-order valence-electron chi connectivity index (χ0n) is 11.9. The molecule has 0 fully saturated rings. The number of amidine groups is 1. The number of amides is 1. The van der Waals surface area contributed by atoms with Crippen LogP contribution in [0.4, 0.5) is 32.0 Å². The molecule has 0 aromatic heterocycles. The van der Waals surface area contributed by atoms with Crippen molar-refractivity contribution in [2.24, 2.45) is 4.99 Å². The maximum absolute atomic E-state index is 12.8. The molecule has 0 radical (unpaired) electrons. The summed E-state index contributed by atoms with van der Waals surface area (Å²) < 4.78 is 76.8. The van der Waals surface area contributed by atoms with Crippen molar-refractivity contribution in [1.82, 2.24) is 0 Å². The van der Waals surface area contributed by atoms with E-state index in [-0.39, 0.29) is 22.5 Å². The highest BCUT2D eigenvalue weighted by Gasteiger charge is 2.71. The summed E-state index contributed by atoms with van der Waals surface area (Å²) in [6.07, 6.45) is -11.9. The molecule has 1 N–H and O–H groups in total. The SMILES string of the molecule is CN(C1=NC(=O)CS1)c1ccc(C(O)(C(F)(F)F)C(F)(F)F)cc1. The highest BCUT2D eigenvalue weighted by molar-refractivity contribution is 8.15. The lowest BCUT2D eigenvalue weighted by Crippen LogP contribution is -2.53. The van der Waals surface area contributed by atoms with Gasteiger partial charge < -0.3 is 10.0 Å². The van der Waals surface area contributed by atoms with E-state index in [4.69, 9.17) is 0 Å². The summed E-state index contributed by atoms with van der Waals surface area (Å²) in [5, 5.41) is 9.57. The fraction of sp³-hybridized carbons (Fsp3) is 0.385. The second-order valence-corrected chi connectivity index (χ2v) is 5.83. The van der Waals surface area contributed by atoms with E-state index in [2.05, 4.69) is 4.99 Å². The van der Waals surface area contributed by atoms with Crippen LogP contribution in [0.15, 0.2) is 29.3 Å². The van der Waals surface area contributed by atoms with Crippen LogP contribution in [0.5, 0.6) is 0 Å². The number of carbonyl (C=O) groups excluding carboxylic acids is 1. The molecule has 4 nitrogen and oxygen atoms in total. The molecule has 0 bridgehead atoms. The Balaban J connectivity index is 2.37. The van der Waals surface area contributed by atoms with Crippen molar-refractivity contribution in [3.05, 3.63) is 29.8 Å². The molecule has 0 saturated heterocycles. The van der Waals surface area contributed by atoms with Crippen LogP contribution in [0.1, 0.15) is 5.56 Å². The van der Waals surface area contributed by atoms with Crippen molar-refractivity contribution >= 4 is 28.5 Å². The number of rotatable bonds is 2. The zero-order valence-corrected chi connectivity index (χ0v) is 12.8. The number of hydrogen-bond acceptors (Lipinski definition) is 4. The first-order valence-corrected chi connectivity index (χ1v) is 7.31. The predicted molar refractivity (Wildman–Crippen MR) is 75.8 cm³/mol. The average Bonchev–Trinajstić information content (AvgIpc) is 2.90. The van der Waals surface area contributed by atoms with Crippen LogP contribution in [0.2, 0.25) is 0 Å². The van der Waals surface area contributed by atoms with Crippen molar-refractivity contribution < 1.29 is 36.2 Å². The largest absolute Gasteiger partial charge is 0.430 e. The van der Waals surface area contributed by atoms with Gasteiger partial charge in [-0.25, -0.2) is 0 Å². The van der Waals surface area contributed by atoms with Crippen LogP contribution in [-0.4, -0.2) is 41.3 Å². The van der Waals surface area contributed by atoms with Crippen molar-refractivity contribution in [2.75, 3.05) is 17.7 Å². The number of thioether (sulfide) groups is 1. The first-order chi connectivity index (χ1) is 10.9. The molecule has 0 spiro atoms. The van der Waals surface area contributed by atoms with Gasteiger partial charge in [-0.2, -0.15) is 31.3 Å². The number of halogens is 6.